The van der Waals surface area contributed by atoms with Crippen molar-refractivity contribution >= 4 is 44.3 Å². The number of piperazine rings is 1. The second-order valence-electron chi connectivity index (χ2n) is 4.16. The third kappa shape index (κ3) is 3.92. The van der Waals surface area contributed by atoms with Gasteiger partial charge in [-0.25, -0.2) is 0 Å². The van der Waals surface area contributed by atoms with Gasteiger partial charge >= 0.3 is 0 Å². The molecule has 0 bridgehead atoms. The van der Waals surface area contributed by atoms with Crippen molar-refractivity contribution < 1.29 is 5.11 Å². The fourth-order valence-corrected chi connectivity index (χ4v) is 2.79. The van der Waals surface area contributed by atoms with Crippen LogP contribution >= 0.6 is 44.3 Å². The average molecular weight is 401 g/mol. The molecule has 3 nitrogen and oxygen atoms in total. The van der Waals surface area contributed by atoms with Crippen molar-refractivity contribution in [3.63, 3.8) is 0 Å². The van der Waals surface area contributed by atoms with Gasteiger partial charge in [-0.05, 0) is 49.6 Å². The minimum absolute atomic E-state index is 0. The topological polar surface area (TPSA) is 35.5 Å². The fourth-order valence-electron chi connectivity index (χ4n) is 2.15. The number of benzene rings is 1. The van der Waals surface area contributed by atoms with Crippen molar-refractivity contribution in [2.45, 2.75) is 6.04 Å². The number of aliphatic hydroxyl groups excluding tert-OH is 1. The highest BCUT2D eigenvalue weighted by molar-refractivity contribution is 9.13. The van der Waals surface area contributed by atoms with Gasteiger partial charge in [0.1, 0.15) is 0 Å². The van der Waals surface area contributed by atoms with Crippen molar-refractivity contribution in [3.8, 4) is 0 Å². The van der Waals surface area contributed by atoms with E-state index in [0.29, 0.717) is 0 Å². The van der Waals surface area contributed by atoms with E-state index in [1.54, 1.807) is 0 Å². The van der Waals surface area contributed by atoms with Gasteiger partial charge in [0.05, 0.1) is 12.6 Å². The Hall–Kier alpha value is 0.350. The zero-order valence-electron chi connectivity index (χ0n) is 9.90. The molecular weight excluding hydrogens is 383 g/mol. The van der Waals surface area contributed by atoms with Gasteiger partial charge in [-0.1, -0.05) is 6.07 Å². The maximum atomic E-state index is 9.60. The zero-order valence-corrected chi connectivity index (χ0v) is 13.9. The Morgan fingerprint density at radius 2 is 1.89 bits per heavy atom. The molecule has 1 aliphatic heterocycles. The first-order valence-corrected chi connectivity index (χ1v) is 7.31. The quantitative estimate of drug-likeness (QED) is 0.819. The summed E-state index contributed by atoms with van der Waals surface area (Å²) < 4.78 is 2.07. The molecule has 0 amide bonds. The van der Waals surface area contributed by atoms with Crippen molar-refractivity contribution in [1.29, 1.82) is 0 Å². The summed E-state index contributed by atoms with van der Waals surface area (Å²) in [4.78, 5) is 2.33. The zero-order chi connectivity index (χ0) is 12.3. The molecule has 0 aromatic heterocycles. The van der Waals surface area contributed by atoms with Gasteiger partial charge in [-0.15, -0.1) is 12.4 Å². The number of aliphatic hydroxyl groups is 1. The molecule has 1 aromatic rings. The molecule has 0 unspecified atom stereocenters. The van der Waals surface area contributed by atoms with Crippen LogP contribution in [0, 0.1) is 0 Å². The summed E-state index contributed by atoms with van der Waals surface area (Å²) in [6.45, 7) is 4.12. The lowest BCUT2D eigenvalue weighted by molar-refractivity contribution is 0.111. The molecule has 0 spiro atoms. The molecule has 6 heteroatoms. The van der Waals surface area contributed by atoms with Crippen LogP contribution in [0.5, 0.6) is 0 Å². The Morgan fingerprint density at radius 3 is 2.44 bits per heavy atom. The van der Waals surface area contributed by atoms with Crippen molar-refractivity contribution in [2.75, 3.05) is 32.8 Å². The minimum Gasteiger partial charge on any atom is -0.394 e. The third-order valence-corrected chi connectivity index (χ3v) is 4.97. The molecule has 102 valence electrons. The second-order valence-corrected chi connectivity index (χ2v) is 5.87. The van der Waals surface area contributed by atoms with E-state index in [9.17, 15) is 5.11 Å². The minimum atomic E-state index is 0. The predicted molar refractivity (Wildman–Crippen MR) is 83.4 cm³/mol. The van der Waals surface area contributed by atoms with E-state index in [2.05, 4.69) is 54.2 Å². The van der Waals surface area contributed by atoms with Crippen LogP contribution in [-0.4, -0.2) is 42.8 Å². The molecular formula is C12H17Br2ClN2O. The number of nitrogens with one attached hydrogen (secondary N) is 1. The fraction of sp³-hybridized carbons (Fsp3) is 0.500. The summed E-state index contributed by atoms with van der Waals surface area (Å²) >= 11 is 6.97. The predicted octanol–water partition coefficient (Wildman–Crippen LogP) is 2.57. The third-order valence-electron chi connectivity index (χ3n) is 3.09. The molecule has 18 heavy (non-hydrogen) atoms. The number of hydrogen-bond donors (Lipinski definition) is 2. The smallest absolute Gasteiger partial charge is 0.0628 e. The molecule has 0 aliphatic carbocycles. The number of nitrogens with zero attached hydrogens (tertiary/aromatic N) is 1. The van der Waals surface area contributed by atoms with E-state index in [-0.39, 0.29) is 25.1 Å². The Kier molecular flexibility index (Phi) is 7.13. The van der Waals surface area contributed by atoms with E-state index in [1.807, 2.05) is 6.07 Å². The molecule has 1 aliphatic rings. The highest BCUT2D eigenvalue weighted by atomic mass is 79.9. The van der Waals surface area contributed by atoms with E-state index in [4.69, 9.17) is 0 Å². The van der Waals surface area contributed by atoms with Crippen LogP contribution in [0.15, 0.2) is 27.1 Å². The van der Waals surface area contributed by atoms with E-state index in [0.717, 1.165) is 40.7 Å². The summed E-state index contributed by atoms with van der Waals surface area (Å²) in [5.74, 6) is 0. The summed E-state index contributed by atoms with van der Waals surface area (Å²) in [7, 11) is 0. The number of halogens is 3. The highest BCUT2D eigenvalue weighted by Crippen LogP contribution is 2.28. The lowest BCUT2D eigenvalue weighted by Crippen LogP contribution is -2.46. The second kappa shape index (κ2) is 7.82. The summed E-state index contributed by atoms with van der Waals surface area (Å²) in [6.07, 6.45) is 0. The first-order valence-electron chi connectivity index (χ1n) is 5.73. The SMILES string of the molecule is Cl.OC[C@@H](c1ccc(Br)c(Br)c1)N1CCNCC1. The molecule has 1 aromatic carbocycles. The van der Waals surface area contributed by atoms with Gasteiger partial charge in [0.15, 0.2) is 0 Å². The Bertz CT molecular complexity index is 386. The van der Waals surface area contributed by atoms with E-state index >= 15 is 0 Å². The van der Waals surface area contributed by atoms with Gasteiger partial charge in [-0.2, -0.15) is 0 Å². The first-order chi connectivity index (χ1) is 8.22. The van der Waals surface area contributed by atoms with Crippen LogP contribution in [0.3, 0.4) is 0 Å². The van der Waals surface area contributed by atoms with Crippen LogP contribution < -0.4 is 5.32 Å². The Balaban J connectivity index is 0.00000162. The first kappa shape index (κ1) is 16.4. The van der Waals surface area contributed by atoms with Crippen LogP contribution in [-0.2, 0) is 0 Å². The lowest BCUT2D eigenvalue weighted by Gasteiger charge is -2.34. The summed E-state index contributed by atoms with van der Waals surface area (Å²) in [5.41, 5.74) is 1.16. The number of hydrogen-bond acceptors (Lipinski definition) is 3. The normalized spacial score (nSPS) is 18.2. The maximum Gasteiger partial charge on any atom is 0.0628 e. The molecule has 1 saturated heterocycles. The van der Waals surface area contributed by atoms with Gasteiger partial charge in [0.25, 0.3) is 0 Å². The van der Waals surface area contributed by atoms with Gasteiger partial charge in [0, 0.05) is 35.1 Å². The maximum absolute atomic E-state index is 9.60. The standard InChI is InChI=1S/C12H16Br2N2O.ClH/c13-10-2-1-9(7-11(10)14)12(8-17)16-5-3-15-4-6-16;/h1-2,7,12,15,17H,3-6,8H2;1H/t12-;/m0./s1. The van der Waals surface area contributed by atoms with Crippen LogP contribution in [0.25, 0.3) is 0 Å². The Labute approximate surface area is 131 Å². The molecule has 0 saturated carbocycles. The van der Waals surface area contributed by atoms with Gasteiger partial charge in [0.2, 0.25) is 0 Å². The van der Waals surface area contributed by atoms with Gasteiger partial charge in [-0.3, -0.25) is 4.90 Å². The van der Waals surface area contributed by atoms with E-state index in [1.165, 1.54) is 0 Å². The Morgan fingerprint density at radius 1 is 1.22 bits per heavy atom. The van der Waals surface area contributed by atoms with Gasteiger partial charge < -0.3 is 10.4 Å². The van der Waals surface area contributed by atoms with Crippen LogP contribution in [0.1, 0.15) is 11.6 Å². The van der Waals surface area contributed by atoms with E-state index < -0.39 is 0 Å². The van der Waals surface area contributed by atoms with Crippen molar-refractivity contribution in [2.24, 2.45) is 0 Å². The largest absolute Gasteiger partial charge is 0.394 e. The molecule has 1 heterocycles. The number of rotatable bonds is 3. The highest BCUT2D eigenvalue weighted by Gasteiger charge is 2.21. The van der Waals surface area contributed by atoms with Crippen molar-refractivity contribution in [3.05, 3.63) is 32.7 Å². The summed E-state index contributed by atoms with van der Waals surface area (Å²) in [5, 5.41) is 12.9. The average Bonchev–Trinajstić information content (AvgIpc) is 2.36. The summed E-state index contributed by atoms with van der Waals surface area (Å²) in [6, 6.07) is 6.26. The molecule has 1 atom stereocenters. The van der Waals surface area contributed by atoms with Crippen molar-refractivity contribution in [1.82, 2.24) is 10.2 Å². The van der Waals surface area contributed by atoms with Crippen LogP contribution in [0.2, 0.25) is 0 Å². The molecule has 1 fully saturated rings. The molecule has 2 rings (SSSR count). The lowest BCUT2D eigenvalue weighted by atomic mass is 10.1. The van der Waals surface area contributed by atoms with Crippen LogP contribution in [0.4, 0.5) is 0 Å². The molecule has 2 N–H and O–H groups in total. The molecule has 0 radical (unpaired) electrons. The monoisotopic (exact) mass is 398 g/mol.